The van der Waals surface area contributed by atoms with E-state index in [4.69, 9.17) is 10.7 Å². The van der Waals surface area contributed by atoms with E-state index in [1.165, 1.54) is 0 Å². The van der Waals surface area contributed by atoms with Crippen LogP contribution in [0.3, 0.4) is 0 Å². The zero-order chi connectivity index (χ0) is 24.5. The lowest BCUT2D eigenvalue weighted by Gasteiger charge is -2.25. The number of nitrogens with one attached hydrogen (secondary N) is 1. The highest BCUT2D eigenvalue weighted by molar-refractivity contribution is 5.70. The number of anilines is 1. The second kappa shape index (κ2) is 16.6. The van der Waals surface area contributed by atoms with Crippen LogP contribution in [0.1, 0.15) is 47.2 Å². The number of rotatable bonds is 5. The van der Waals surface area contributed by atoms with Gasteiger partial charge in [0, 0.05) is 50.7 Å². The summed E-state index contributed by atoms with van der Waals surface area (Å²) < 4.78 is 1.99. The topological polar surface area (TPSA) is 72.0 Å². The lowest BCUT2D eigenvalue weighted by molar-refractivity contribution is 0.265. The van der Waals surface area contributed by atoms with Crippen LogP contribution in [0.5, 0.6) is 0 Å². The third-order valence-corrected chi connectivity index (χ3v) is 4.74. The highest BCUT2D eigenvalue weighted by Gasteiger charge is 2.16. The molecule has 33 heavy (non-hydrogen) atoms. The van der Waals surface area contributed by atoms with Crippen LogP contribution in [0.4, 0.5) is 5.82 Å². The SMILES string of the molecule is CC.CC.CC.Nc1c(/C=C\CN2CCNCC2)nc(-c2ccccc2)n1-c1ccncc1. The van der Waals surface area contributed by atoms with Crippen molar-refractivity contribution in [2.45, 2.75) is 41.5 Å². The van der Waals surface area contributed by atoms with Crippen molar-refractivity contribution in [2.24, 2.45) is 0 Å². The number of nitrogens with zero attached hydrogens (tertiary/aromatic N) is 4. The third-order valence-electron chi connectivity index (χ3n) is 4.74. The highest BCUT2D eigenvalue weighted by atomic mass is 15.2. The van der Waals surface area contributed by atoms with Crippen LogP contribution >= 0.6 is 0 Å². The van der Waals surface area contributed by atoms with Crippen LogP contribution in [0, 0.1) is 0 Å². The van der Waals surface area contributed by atoms with Gasteiger partial charge in [-0.15, -0.1) is 0 Å². The first-order chi connectivity index (χ1) is 16.3. The lowest BCUT2D eigenvalue weighted by atomic mass is 10.2. The second-order valence-corrected chi connectivity index (χ2v) is 6.57. The summed E-state index contributed by atoms with van der Waals surface area (Å²) in [5.41, 5.74) is 9.27. The number of nitrogens with two attached hydrogens (primary N) is 1. The normalized spacial score (nSPS) is 13.2. The van der Waals surface area contributed by atoms with Crippen molar-refractivity contribution in [3.8, 4) is 17.1 Å². The Morgan fingerprint density at radius 3 is 2.12 bits per heavy atom. The molecule has 180 valence electrons. The van der Waals surface area contributed by atoms with Crippen molar-refractivity contribution >= 4 is 11.9 Å². The largest absolute Gasteiger partial charge is 0.383 e. The van der Waals surface area contributed by atoms with Crippen LogP contribution in [-0.2, 0) is 0 Å². The van der Waals surface area contributed by atoms with Crippen LogP contribution < -0.4 is 11.1 Å². The summed E-state index contributed by atoms with van der Waals surface area (Å²) in [6.07, 6.45) is 7.71. The number of hydrogen-bond acceptors (Lipinski definition) is 5. The summed E-state index contributed by atoms with van der Waals surface area (Å²) in [7, 11) is 0. The predicted molar refractivity (Wildman–Crippen MR) is 144 cm³/mol. The number of benzene rings is 1. The van der Waals surface area contributed by atoms with Gasteiger partial charge in [0.1, 0.15) is 17.3 Å². The van der Waals surface area contributed by atoms with Crippen LogP contribution in [0.15, 0.2) is 60.9 Å². The Labute approximate surface area is 200 Å². The summed E-state index contributed by atoms with van der Waals surface area (Å²) in [6, 6.07) is 14.0. The Kier molecular flexibility index (Phi) is 14.2. The number of pyridine rings is 1. The summed E-state index contributed by atoms with van der Waals surface area (Å²) in [6.45, 7) is 17.1. The van der Waals surface area contributed by atoms with Gasteiger partial charge in [-0.05, 0) is 18.2 Å². The van der Waals surface area contributed by atoms with E-state index in [2.05, 4.69) is 21.3 Å². The van der Waals surface area contributed by atoms with Gasteiger partial charge in [0.2, 0.25) is 0 Å². The van der Waals surface area contributed by atoms with Crippen molar-refractivity contribution < 1.29 is 0 Å². The average molecular weight is 451 g/mol. The molecule has 3 heterocycles. The molecule has 3 N–H and O–H groups in total. The standard InChI is InChI=1S/C21H24N6.3C2H6/c22-20-19(7-4-14-26-15-12-24-13-16-26)25-21(17-5-2-1-3-6-17)27(20)18-8-10-23-11-9-18;3*1-2/h1-11,24H,12-16,22H2;3*1-2H3/b7-4-;;;. The van der Waals surface area contributed by atoms with E-state index in [0.717, 1.165) is 55.5 Å². The number of piperazine rings is 1. The number of hydrogen-bond donors (Lipinski definition) is 2. The van der Waals surface area contributed by atoms with Gasteiger partial charge in [-0.1, -0.05) is 78.0 Å². The fraction of sp³-hybridized carbons (Fsp3) is 0.407. The van der Waals surface area contributed by atoms with Gasteiger partial charge in [-0.2, -0.15) is 0 Å². The van der Waals surface area contributed by atoms with E-state index in [-0.39, 0.29) is 0 Å². The van der Waals surface area contributed by atoms with Crippen LogP contribution in [0.25, 0.3) is 23.2 Å². The fourth-order valence-electron chi connectivity index (χ4n) is 3.32. The smallest absolute Gasteiger partial charge is 0.146 e. The first-order valence-electron chi connectivity index (χ1n) is 12.3. The van der Waals surface area contributed by atoms with Crippen molar-refractivity contribution in [2.75, 3.05) is 38.5 Å². The van der Waals surface area contributed by atoms with E-state index < -0.39 is 0 Å². The Bertz CT molecular complexity index is 897. The minimum Gasteiger partial charge on any atom is -0.383 e. The Hall–Kier alpha value is -2.96. The van der Waals surface area contributed by atoms with Crippen molar-refractivity contribution in [1.29, 1.82) is 0 Å². The van der Waals surface area contributed by atoms with Gasteiger partial charge in [0.05, 0.1) is 5.69 Å². The van der Waals surface area contributed by atoms with E-state index in [1.807, 2.05) is 94.7 Å². The first kappa shape index (κ1) is 28.1. The lowest BCUT2D eigenvalue weighted by Crippen LogP contribution is -2.43. The van der Waals surface area contributed by atoms with Gasteiger partial charge >= 0.3 is 0 Å². The van der Waals surface area contributed by atoms with E-state index in [9.17, 15) is 0 Å². The molecule has 6 nitrogen and oxygen atoms in total. The second-order valence-electron chi connectivity index (χ2n) is 6.57. The molecule has 1 fully saturated rings. The Morgan fingerprint density at radius 2 is 1.52 bits per heavy atom. The molecule has 0 aliphatic carbocycles. The summed E-state index contributed by atoms with van der Waals surface area (Å²) in [4.78, 5) is 11.4. The van der Waals surface area contributed by atoms with E-state index in [1.54, 1.807) is 12.4 Å². The zero-order valence-electron chi connectivity index (χ0n) is 21.3. The number of imidazole rings is 1. The van der Waals surface area contributed by atoms with Crippen LogP contribution in [-0.4, -0.2) is 52.2 Å². The maximum absolute atomic E-state index is 6.50. The minimum absolute atomic E-state index is 0.636. The molecule has 0 unspecified atom stereocenters. The van der Waals surface area contributed by atoms with Crippen molar-refractivity contribution in [3.05, 3.63) is 66.6 Å². The predicted octanol–water partition coefficient (Wildman–Crippen LogP) is 5.51. The molecule has 1 aromatic carbocycles. The third kappa shape index (κ3) is 8.15. The van der Waals surface area contributed by atoms with E-state index >= 15 is 0 Å². The number of nitrogen functional groups attached to an aromatic ring is 1. The van der Waals surface area contributed by atoms with Gasteiger partial charge in [0.15, 0.2) is 0 Å². The number of aromatic nitrogens is 3. The van der Waals surface area contributed by atoms with Gasteiger partial charge in [-0.3, -0.25) is 14.5 Å². The Morgan fingerprint density at radius 1 is 0.909 bits per heavy atom. The minimum atomic E-state index is 0.636. The highest BCUT2D eigenvalue weighted by Crippen LogP contribution is 2.28. The van der Waals surface area contributed by atoms with Gasteiger partial charge in [0.25, 0.3) is 0 Å². The summed E-state index contributed by atoms with van der Waals surface area (Å²) >= 11 is 0. The molecule has 2 aromatic heterocycles. The van der Waals surface area contributed by atoms with Crippen LogP contribution in [0.2, 0.25) is 0 Å². The average Bonchev–Trinajstić information content (AvgIpc) is 3.25. The molecule has 3 aromatic rings. The quantitative estimate of drug-likeness (QED) is 0.536. The first-order valence-corrected chi connectivity index (χ1v) is 12.3. The van der Waals surface area contributed by atoms with Gasteiger partial charge < -0.3 is 11.1 Å². The fourth-order valence-corrected chi connectivity index (χ4v) is 3.32. The molecule has 0 radical (unpaired) electrons. The maximum atomic E-state index is 6.50. The molecule has 0 spiro atoms. The molecular formula is C27H42N6. The van der Waals surface area contributed by atoms with Crippen molar-refractivity contribution in [3.63, 3.8) is 0 Å². The molecule has 0 atom stereocenters. The van der Waals surface area contributed by atoms with Crippen molar-refractivity contribution in [1.82, 2.24) is 24.8 Å². The molecule has 6 heteroatoms. The summed E-state index contributed by atoms with van der Waals surface area (Å²) in [5, 5.41) is 3.37. The molecule has 1 aliphatic rings. The molecule has 4 rings (SSSR count). The molecule has 0 amide bonds. The van der Waals surface area contributed by atoms with E-state index in [0.29, 0.717) is 5.82 Å². The summed E-state index contributed by atoms with van der Waals surface area (Å²) in [5.74, 6) is 1.47. The van der Waals surface area contributed by atoms with Gasteiger partial charge in [-0.25, -0.2) is 4.98 Å². The Balaban J connectivity index is 0.000000841. The monoisotopic (exact) mass is 450 g/mol. The molecule has 1 saturated heterocycles. The maximum Gasteiger partial charge on any atom is 0.146 e. The molecular weight excluding hydrogens is 408 g/mol. The molecule has 1 aliphatic heterocycles. The zero-order valence-corrected chi connectivity index (χ0v) is 21.3. The molecule has 0 bridgehead atoms. The molecule has 0 saturated carbocycles.